The van der Waals surface area contributed by atoms with Crippen LogP contribution in [-0.2, 0) is 9.59 Å². The van der Waals surface area contributed by atoms with Crippen molar-refractivity contribution >= 4 is 46.4 Å². The van der Waals surface area contributed by atoms with Crippen molar-refractivity contribution in [2.24, 2.45) is 0 Å². The van der Waals surface area contributed by atoms with Crippen molar-refractivity contribution in [3.8, 4) is 6.07 Å². The van der Waals surface area contributed by atoms with Gasteiger partial charge in [-0.2, -0.15) is 5.26 Å². The zero-order chi connectivity index (χ0) is 20.0. The molecular formula is C19H18Cl2N4O2. The number of benzene rings is 2. The summed E-state index contributed by atoms with van der Waals surface area (Å²) in [5.41, 5.74) is 1.33. The second-order valence-electron chi connectivity index (χ2n) is 5.91. The molecule has 2 amide bonds. The smallest absolute Gasteiger partial charge is 0.241 e. The van der Waals surface area contributed by atoms with Crippen LogP contribution in [0.1, 0.15) is 12.5 Å². The first-order valence-electron chi connectivity index (χ1n) is 8.07. The van der Waals surface area contributed by atoms with Crippen LogP contribution in [0.5, 0.6) is 0 Å². The zero-order valence-corrected chi connectivity index (χ0v) is 16.3. The first-order valence-corrected chi connectivity index (χ1v) is 8.82. The van der Waals surface area contributed by atoms with Crippen LogP contribution in [0, 0.1) is 11.3 Å². The highest BCUT2D eigenvalue weighted by Crippen LogP contribution is 2.25. The number of hydrogen-bond acceptors (Lipinski definition) is 4. The molecule has 0 unspecified atom stereocenters. The van der Waals surface area contributed by atoms with Gasteiger partial charge >= 0.3 is 0 Å². The van der Waals surface area contributed by atoms with E-state index in [0.717, 1.165) is 0 Å². The third kappa shape index (κ3) is 5.69. The fourth-order valence-corrected chi connectivity index (χ4v) is 2.56. The summed E-state index contributed by atoms with van der Waals surface area (Å²) in [5.74, 6) is -0.615. The molecule has 2 N–H and O–H groups in total. The van der Waals surface area contributed by atoms with E-state index in [1.165, 1.54) is 0 Å². The number of carbonyl (C=O) groups excluding carboxylic acids is 2. The van der Waals surface area contributed by atoms with Crippen LogP contribution in [0.25, 0.3) is 0 Å². The SMILES string of the molecule is C[C@@H](C(=O)Nc1ccccc1C#N)N(C)CC(=O)Nc1ccc(Cl)c(Cl)c1. The molecule has 0 aromatic heterocycles. The highest BCUT2D eigenvalue weighted by Gasteiger charge is 2.21. The summed E-state index contributed by atoms with van der Waals surface area (Å²) in [6, 6.07) is 12.9. The van der Waals surface area contributed by atoms with E-state index < -0.39 is 6.04 Å². The summed E-state index contributed by atoms with van der Waals surface area (Å²) < 4.78 is 0. The normalized spacial score (nSPS) is 11.6. The van der Waals surface area contributed by atoms with E-state index in [1.54, 1.807) is 61.3 Å². The maximum absolute atomic E-state index is 12.4. The molecule has 0 bridgehead atoms. The Bertz CT molecular complexity index is 896. The maximum Gasteiger partial charge on any atom is 0.241 e. The molecule has 0 aliphatic rings. The predicted molar refractivity (Wildman–Crippen MR) is 107 cm³/mol. The number of amides is 2. The number of likely N-dealkylation sites (N-methyl/N-ethyl adjacent to an activating group) is 1. The van der Waals surface area contributed by atoms with E-state index in [0.29, 0.717) is 27.0 Å². The van der Waals surface area contributed by atoms with Crippen molar-refractivity contribution in [1.82, 2.24) is 4.90 Å². The van der Waals surface area contributed by atoms with Gasteiger partial charge in [-0.25, -0.2) is 0 Å². The minimum atomic E-state index is -0.587. The molecule has 0 aliphatic heterocycles. The molecule has 2 rings (SSSR count). The van der Waals surface area contributed by atoms with Crippen molar-refractivity contribution in [2.45, 2.75) is 13.0 Å². The first-order chi connectivity index (χ1) is 12.8. The van der Waals surface area contributed by atoms with Crippen LogP contribution in [0.3, 0.4) is 0 Å². The second-order valence-corrected chi connectivity index (χ2v) is 6.73. The van der Waals surface area contributed by atoms with Gasteiger partial charge in [0.15, 0.2) is 0 Å². The number of hydrogen-bond donors (Lipinski definition) is 2. The summed E-state index contributed by atoms with van der Waals surface area (Å²) in [7, 11) is 1.66. The zero-order valence-electron chi connectivity index (χ0n) is 14.8. The summed E-state index contributed by atoms with van der Waals surface area (Å²) in [6.45, 7) is 1.67. The van der Waals surface area contributed by atoms with E-state index in [9.17, 15) is 9.59 Å². The Kier molecular flexibility index (Phi) is 7.19. The van der Waals surface area contributed by atoms with Gasteiger partial charge in [0.05, 0.1) is 33.9 Å². The molecule has 2 aromatic carbocycles. The summed E-state index contributed by atoms with van der Waals surface area (Å²) in [6.07, 6.45) is 0. The number of halogens is 2. The number of nitrogens with zero attached hydrogens (tertiary/aromatic N) is 2. The summed E-state index contributed by atoms with van der Waals surface area (Å²) in [4.78, 5) is 26.2. The minimum Gasteiger partial charge on any atom is -0.325 e. The van der Waals surface area contributed by atoms with Gasteiger partial charge in [-0.05, 0) is 44.3 Å². The molecule has 0 spiro atoms. The molecule has 2 aromatic rings. The van der Waals surface area contributed by atoms with Gasteiger partial charge in [0.2, 0.25) is 11.8 Å². The Morgan fingerprint density at radius 1 is 1.15 bits per heavy atom. The van der Waals surface area contributed by atoms with Crippen LogP contribution in [0.2, 0.25) is 10.0 Å². The van der Waals surface area contributed by atoms with Crippen LogP contribution in [0.15, 0.2) is 42.5 Å². The molecule has 8 heteroatoms. The van der Waals surface area contributed by atoms with Crippen LogP contribution < -0.4 is 10.6 Å². The van der Waals surface area contributed by atoms with Gasteiger partial charge in [-0.1, -0.05) is 35.3 Å². The molecule has 0 radical (unpaired) electrons. The average Bonchev–Trinajstić information content (AvgIpc) is 2.64. The van der Waals surface area contributed by atoms with Crippen molar-refractivity contribution in [1.29, 1.82) is 5.26 Å². The quantitative estimate of drug-likeness (QED) is 0.767. The Labute approximate surface area is 167 Å². The molecular weight excluding hydrogens is 387 g/mol. The minimum absolute atomic E-state index is 0.00523. The van der Waals surface area contributed by atoms with Gasteiger partial charge < -0.3 is 10.6 Å². The third-order valence-corrected chi connectivity index (χ3v) is 4.68. The molecule has 27 heavy (non-hydrogen) atoms. The van der Waals surface area contributed by atoms with E-state index >= 15 is 0 Å². The Hall–Kier alpha value is -2.59. The molecule has 0 fully saturated rings. The molecule has 0 saturated carbocycles. The van der Waals surface area contributed by atoms with E-state index in [1.807, 2.05) is 6.07 Å². The monoisotopic (exact) mass is 404 g/mol. The second kappa shape index (κ2) is 9.38. The molecule has 0 heterocycles. The predicted octanol–water partition coefficient (Wildman–Crippen LogP) is 3.76. The lowest BCUT2D eigenvalue weighted by Crippen LogP contribution is -2.43. The molecule has 140 valence electrons. The number of nitriles is 1. The highest BCUT2D eigenvalue weighted by atomic mass is 35.5. The van der Waals surface area contributed by atoms with E-state index in [-0.39, 0.29) is 18.4 Å². The number of rotatable bonds is 6. The fraction of sp³-hybridized carbons (Fsp3) is 0.211. The van der Waals surface area contributed by atoms with Crippen molar-refractivity contribution in [3.05, 3.63) is 58.1 Å². The number of para-hydroxylation sites is 1. The average molecular weight is 405 g/mol. The van der Waals surface area contributed by atoms with Crippen molar-refractivity contribution in [2.75, 3.05) is 24.2 Å². The Morgan fingerprint density at radius 3 is 2.52 bits per heavy atom. The molecule has 0 saturated heterocycles. The van der Waals surface area contributed by atoms with Gasteiger partial charge in [0.1, 0.15) is 6.07 Å². The van der Waals surface area contributed by atoms with Crippen LogP contribution >= 0.6 is 23.2 Å². The van der Waals surface area contributed by atoms with Gasteiger partial charge in [-0.15, -0.1) is 0 Å². The lowest BCUT2D eigenvalue weighted by molar-refractivity contribution is -0.122. The van der Waals surface area contributed by atoms with E-state index in [2.05, 4.69) is 10.6 Å². The van der Waals surface area contributed by atoms with Gasteiger partial charge in [0, 0.05) is 5.69 Å². The maximum atomic E-state index is 12.4. The van der Waals surface area contributed by atoms with E-state index in [4.69, 9.17) is 28.5 Å². The largest absolute Gasteiger partial charge is 0.325 e. The molecule has 1 atom stereocenters. The fourth-order valence-electron chi connectivity index (χ4n) is 2.26. The number of nitrogens with one attached hydrogen (secondary N) is 2. The Morgan fingerprint density at radius 2 is 1.85 bits per heavy atom. The lowest BCUT2D eigenvalue weighted by atomic mass is 10.2. The first kappa shape index (κ1) is 20.7. The van der Waals surface area contributed by atoms with Crippen molar-refractivity contribution < 1.29 is 9.59 Å². The lowest BCUT2D eigenvalue weighted by Gasteiger charge is -2.23. The molecule has 6 nitrogen and oxygen atoms in total. The van der Waals surface area contributed by atoms with Crippen LogP contribution in [-0.4, -0.2) is 36.3 Å². The third-order valence-electron chi connectivity index (χ3n) is 3.94. The van der Waals surface area contributed by atoms with Gasteiger partial charge in [-0.3, -0.25) is 14.5 Å². The summed E-state index contributed by atoms with van der Waals surface area (Å²) in [5, 5.41) is 15.2. The topological polar surface area (TPSA) is 85.2 Å². The van der Waals surface area contributed by atoms with Crippen LogP contribution in [0.4, 0.5) is 11.4 Å². The standard InChI is InChI=1S/C19H18Cl2N4O2/c1-12(19(27)24-17-6-4-3-5-13(17)10-22)25(2)11-18(26)23-14-7-8-15(20)16(21)9-14/h3-9,12H,11H2,1-2H3,(H,23,26)(H,24,27)/t12-/m0/s1. The number of anilines is 2. The summed E-state index contributed by atoms with van der Waals surface area (Å²) >= 11 is 11.8. The number of carbonyl (C=O) groups is 2. The highest BCUT2D eigenvalue weighted by molar-refractivity contribution is 6.42. The Balaban J connectivity index is 1.94. The van der Waals surface area contributed by atoms with Crippen molar-refractivity contribution in [3.63, 3.8) is 0 Å². The van der Waals surface area contributed by atoms with Gasteiger partial charge in [0.25, 0.3) is 0 Å². The molecule has 0 aliphatic carbocycles.